The number of carboxylic acid groups (broad SMARTS) is 3. The Labute approximate surface area is 78.1 Å². The molecule has 0 aromatic heterocycles. The quantitative estimate of drug-likeness (QED) is 0.433. The van der Waals surface area contributed by atoms with E-state index >= 15 is 0 Å². The Hall–Kier alpha value is -1.63. The Morgan fingerprint density at radius 2 is 1.36 bits per heavy atom. The van der Waals surface area contributed by atoms with Gasteiger partial charge in [-0.3, -0.25) is 14.4 Å². The molecule has 1 saturated carbocycles. The molecule has 78 valence electrons. The molecule has 0 saturated heterocycles. The number of aliphatic carboxylic acids is 3. The van der Waals surface area contributed by atoms with Gasteiger partial charge in [-0.1, -0.05) is 0 Å². The summed E-state index contributed by atoms with van der Waals surface area (Å²) in [5.41, 5.74) is 5.15. The van der Waals surface area contributed by atoms with Gasteiger partial charge in [-0.25, -0.2) is 0 Å². The Morgan fingerprint density at radius 3 is 1.57 bits per heavy atom. The normalized spacial score (nSPS) is 31.9. The lowest BCUT2D eigenvalue weighted by molar-refractivity contribution is -0.144. The average Bonchev–Trinajstić information content (AvgIpc) is 2.76. The average molecular weight is 203 g/mol. The van der Waals surface area contributed by atoms with Gasteiger partial charge in [0.2, 0.25) is 0 Å². The summed E-state index contributed by atoms with van der Waals surface area (Å²) in [5, 5.41) is 25.6. The molecule has 7 nitrogen and oxygen atoms in total. The molecule has 3 atom stereocenters. The third kappa shape index (κ3) is 1.53. The van der Waals surface area contributed by atoms with E-state index in [1.165, 1.54) is 0 Å². The Kier molecular flexibility index (Phi) is 2.43. The van der Waals surface area contributed by atoms with Gasteiger partial charge < -0.3 is 21.1 Å². The van der Waals surface area contributed by atoms with Crippen LogP contribution in [0.1, 0.15) is 0 Å². The van der Waals surface area contributed by atoms with E-state index in [1.54, 1.807) is 0 Å². The van der Waals surface area contributed by atoms with Crippen LogP contribution >= 0.6 is 0 Å². The number of carbonyl (C=O) groups is 3. The molecule has 0 bridgehead atoms. The number of rotatable bonds is 4. The van der Waals surface area contributed by atoms with Gasteiger partial charge in [-0.2, -0.15) is 0 Å². The van der Waals surface area contributed by atoms with Crippen LogP contribution in [0.5, 0.6) is 0 Å². The lowest BCUT2D eigenvalue weighted by Crippen LogP contribution is -2.34. The SMILES string of the molecule is N[C@@H](C(=O)O)C1C(C(=O)O)C1C(=O)O. The third-order valence-electron chi connectivity index (χ3n) is 2.35. The molecule has 1 fully saturated rings. The highest BCUT2D eigenvalue weighted by molar-refractivity contribution is 5.89. The minimum atomic E-state index is -1.43. The second-order valence-electron chi connectivity index (χ2n) is 3.17. The van der Waals surface area contributed by atoms with Crippen LogP contribution in [0, 0.1) is 17.8 Å². The maximum Gasteiger partial charge on any atom is 0.320 e. The Bertz CT molecular complexity index is 281. The van der Waals surface area contributed by atoms with Crippen LogP contribution in [0.15, 0.2) is 0 Å². The standard InChI is InChI=1S/C7H9NO6/c8-4(7(13)14)1-2(5(9)10)3(1)6(11)12/h1-4H,8H2,(H,9,10)(H,11,12)(H,13,14)/t1?,2?,3?,4-/m1/s1. The zero-order chi connectivity index (χ0) is 11.0. The molecule has 0 aromatic carbocycles. The molecule has 14 heavy (non-hydrogen) atoms. The van der Waals surface area contributed by atoms with Gasteiger partial charge in [0.1, 0.15) is 6.04 Å². The third-order valence-corrected chi connectivity index (χ3v) is 2.35. The number of hydrogen-bond acceptors (Lipinski definition) is 4. The minimum absolute atomic E-state index is 1.01. The van der Waals surface area contributed by atoms with Crippen LogP contribution in [-0.4, -0.2) is 39.3 Å². The number of nitrogens with two attached hydrogens (primary N) is 1. The number of carboxylic acids is 3. The van der Waals surface area contributed by atoms with E-state index in [0.717, 1.165) is 0 Å². The highest BCUT2D eigenvalue weighted by Crippen LogP contribution is 2.48. The fraction of sp³-hybridized carbons (Fsp3) is 0.571. The summed E-state index contributed by atoms with van der Waals surface area (Å²) in [6, 6.07) is -1.43. The Balaban J connectivity index is 2.77. The maximum atomic E-state index is 10.5. The summed E-state index contributed by atoms with van der Waals surface area (Å²) in [5.74, 6) is -7.40. The first kappa shape index (κ1) is 10.5. The van der Waals surface area contributed by atoms with Crippen molar-refractivity contribution in [1.29, 1.82) is 0 Å². The molecular weight excluding hydrogens is 194 g/mol. The van der Waals surface area contributed by atoms with Crippen molar-refractivity contribution in [2.75, 3.05) is 0 Å². The van der Waals surface area contributed by atoms with Crippen molar-refractivity contribution < 1.29 is 29.7 Å². The lowest BCUT2D eigenvalue weighted by Gasteiger charge is -2.02. The fourth-order valence-corrected chi connectivity index (χ4v) is 1.58. The van der Waals surface area contributed by atoms with Gasteiger partial charge in [-0.15, -0.1) is 0 Å². The van der Waals surface area contributed by atoms with Gasteiger partial charge in [0, 0.05) is 5.92 Å². The predicted molar refractivity (Wildman–Crippen MR) is 41.4 cm³/mol. The number of hydrogen-bond donors (Lipinski definition) is 4. The molecule has 7 heteroatoms. The van der Waals surface area contributed by atoms with Gasteiger partial charge in [0.25, 0.3) is 0 Å². The minimum Gasteiger partial charge on any atom is -0.481 e. The predicted octanol–water partition coefficient (Wildman–Crippen LogP) is -1.57. The second-order valence-corrected chi connectivity index (χ2v) is 3.17. The molecule has 0 aliphatic heterocycles. The summed E-state index contributed by atoms with van der Waals surface area (Å²) in [6.07, 6.45) is 0. The molecule has 0 amide bonds. The van der Waals surface area contributed by atoms with Crippen molar-refractivity contribution in [2.24, 2.45) is 23.5 Å². The Morgan fingerprint density at radius 1 is 1.00 bits per heavy atom. The van der Waals surface area contributed by atoms with Crippen LogP contribution in [-0.2, 0) is 14.4 Å². The van der Waals surface area contributed by atoms with E-state index in [1.807, 2.05) is 0 Å². The summed E-state index contributed by atoms with van der Waals surface area (Å²) in [7, 11) is 0. The van der Waals surface area contributed by atoms with Crippen LogP contribution in [0.25, 0.3) is 0 Å². The zero-order valence-electron chi connectivity index (χ0n) is 6.95. The molecule has 0 heterocycles. The van der Waals surface area contributed by atoms with E-state index in [4.69, 9.17) is 21.1 Å². The topological polar surface area (TPSA) is 138 Å². The fourth-order valence-electron chi connectivity index (χ4n) is 1.58. The van der Waals surface area contributed by atoms with E-state index in [-0.39, 0.29) is 0 Å². The highest BCUT2D eigenvalue weighted by Gasteiger charge is 2.63. The first-order valence-electron chi connectivity index (χ1n) is 3.82. The van der Waals surface area contributed by atoms with Crippen molar-refractivity contribution in [3.63, 3.8) is 0 Å². The van der Waals surface area contributed by atoms with E-state index in [9.17, 15) is 14.4 Å². The summed E-state index contributed by atoms with van der Waals surface area (Å²) >= 11 is 0. The summed E-state index contributed by atoms with van der Waals surface area (Å²) < 4.78 is 0. The van der Waals surface area contributed by atoms with Crippen molar-refractivity contribution in [3.05, 3.63) is 0 Å². The monoisotopic (exact) mass is 203 g/mol. The lowest BCUT2D eigenvalue weighted by atomic mass is 10.1. The van der Waals surface area contributed by atoms with Crippen LogP contribution in [0.3, 0.4) is 0 Å². The molecule has 0 radical (unpaired) electrons. The van der Waals surface area contributed by atoms with Crippen molar-refractivity contribution in [1.82, 2.24) is 0 Å². The molecule has 0 spiro atoms. The van der Waals surface area contributed by atoms with Crippen LogP contribution < -0.4 is 5.73 Å². The first-order chi connectivity index (χ1) is 6.37. The highest BCUT2D eigenvalue weighted by atomic mass is 16.4. The largest absolute Gasteiger partial charge is 0.481 e. The van der Waals surface area contributed by atoms with E-state index in [2.05, 4.69) is 0 Å². The molecule has 2 unspecified atom stereocenters. The van der Waals surface area contributed by atoms with Gasteiger partial charge in [0.15, 0.2) is 0 Å². The van der Waals surface area contributed by atoms with E-state index in [0.29, 0.717) is 0 Å². The van der Waals surface area contributed by atoms with Gasteiger partial charge >= 0.3 is 17.9 Å². The van der Waals surface area contributed by atoms with Crippen molar-refractivity contribution in [2.45, 2.75) is 6.04 Å². The molecular formula is C7H9NO6. The molecule has 1 aliphatic rings. The van der Waals surface area contributed by atoms with Crippen LogP contribution in [0.4, 0.5) is 0 Å². The molecule has 1 rings (SSSR count). The first-order valence-corrected chi connectivity index (χ1v) is 3.82. The molecule has 5 N–H and O–H groups in total. The molecule has 1 aliphatic carbocycles. The van der Waals surface area contributed by atoms with E-state index < -0.39 is 41.7 Å². The van der Waals surface area contributed by atoms with Gasteiger partial charge in [0.05, 0.1) is 11.8 Å². The second kappa shape index (κ2) is 3.26. The van der Waals surface area contributed by atoms with Crippen LogP contribution in [0.2, 0.25) is 0 Å². The smallest absolute Gasteiger partial charge is 0.320 e. The zero-order valence-corrected chi connectivity index (χ0v) is 6.95. The molecule has 0 aromatic rings. The summed E-state index contributed by atoms with van der Waals surface area (Å²) in [4.78, 5) is 31.4. The van der Waals surface area contributed by atoms with Crippen molar-refractivity contribution >= 4 is 17.9 Å². The maximum absolute atomic E-state index is 10.5. The van der Waals surface area contributed by atoms with Gasteiger partial charge in [-0.05, 0) is 0 Å². The van der Waals surface area contributed by atoms with Crippen molar-refractivity contribution in [3.8, 4) is 0 Å². The summed E-state index contributed by atoms with van der Waals surface area (Å²) in [6.45, 7) is 0.